The Hall–Kier alpha value is -4.48. The second-order valence-corrected chi connectivity index (χ2v) is 9.78. The first-order valence-electron chi connectivity index (χ1n) is 11.0. The van der Waals surface area contributed by atoms with Crippen molar-refractivity contribution >= 4 is 21.6 Å². The lowest BCUT2D eigenvalue weighted by molar-refractivity contribution is 0.0730. The summed E-state index contributed by atoms with van der Waals surface area (Å²) in [5.41, 5.74) is 2.42. The van der Waals surface area contributed by atoms with Gasteiger partial charge in [-0.2, -0.15) is 5.26 Å². The average Bonchev–Trinajstić information content (AvgIpc) is 2.89. The minimum Gasteiger partial charge on any atom is -0.330 e. The van der Waals surface area contributed by atoms with E-state index in [-0.39, 0.29) is 35.1 Å². The van der Waals surface area contributed by atoms with Gasteiger partial charge in [0.05, 0.1) is 16.5 Å². The van der Waals surface area contributed by atoms with Crippen LogP contribution in [0.4, 0.5) is 10.1 Å². The number of benzene rings is 4. The number of carbonyl (C=O) groups excluding carboxylic acids is 1. The third kappa shape index (κ3) is 6.14. The van der Waals surface area contributed by atoms with Gasteiger partial charge in [0.1, 0.15) is 5.82 Å². The molecule has 0 aromatic heterocycles. The number of amides is 1. The Morgan fingerprint density at radius 1 is 0.833 bits per heavy atom. The Morgan fingerprint density at radius 3 is 2.22 bits per heavy atom. The number of rotatable bonds is 8. The van der Waals surface area contributed by atoms with Gasteiger partial charge in [-0.3, -0.25) is 9.52 Å². The molecule has 36 heavy (non-hydrogen) atoms. The summed E-state index contributed by atoms with van der Waals surface area (Å²) in [6.45, 7) is 0.345. The summed E-state index contributed by atoms with van der Waals surface area (Å²) in [6, 6.07) is 29.1. The normalized spacial score (nSPS) is 10.9. The van der Waals surface area contributed by atoms with Crippen LogP contribution < -0.4 is 4.72 Å². The fourth-order valence-electron chi connectivity index (χ4n) is 3.67. The molecule has 6 nitrogen and oxygen atoms in total. The molecule has 0 atom stereocenters. The Kier molecular flexibility index (Phi) is 7.42. The molecule has 0 aliphatic carbocycles. The van der Waals surface area contributed by atoms with Crippen molar-refractivity contribution in [1.29, 1.82) is 5.26 Å². The van der Waals surface area contributed by atoms with Crippen LogP contribution in [0, 0.1) is 17.1 Å². The van der Waals surface area contributed by atoms with Crippen molar-refractivity contribution in [3.8, 4) is 6.07 Å². The Labute approximate surface area is 209 Å². The first kappa shape index (κ1) is 24.6. The predicted molar refractivity (Wildman–Crippen MR) is 135 cm³/mol. The maximum Gasteiger partial charge on any atom is 0.261 e. The van der Waals surface area contributed by atoms with Crippen molar-refractivity contribution in [2.24, 2.45) is 0 Å². The number of hydrogen-bond donors (Lipinski definition) is 1. The standard InChI is InChI=1S/C28H22FN3O3S/c29-25-8-4-6-23(16-25)20-32(19-22-14-12-21(18-30)13-15-22)28(33)24-7-5-9-26(17-24)31-36(34,35)27-10-2-1-3-11-27/h1-17,31H,19-20H2. The number of nitrogens with one attached hydrogen (secondary N) is 1. The second kappa shape index (κ2) is 10.8. The van der Waals surface area contributed by atoms with Gasteiger partial charge in [0.2, 0.25) is 0 Å². The second-order valence-electron chi connectivity index (χ2n) is 8.10. The van der Waals surface area contributed by atoms with E-state index in [0.717, 1.165) is 5.56 Å². The lowest BCUT2D eigenvalue weighted by atomic mass is 10.1. The molecule has 0 aliphatic heterocycles. The summed E-state index contributed by atoms with van der Waals surface area (Å²) in [6.07, 6.45) is 0. The Bertz CT molecular complexity index is 1520. The summed E-state index contributed by atoms with van der Waals surface area (Å²) in [7, 11) is -3.83. The van der Waals surface area contributed by atoms with E-state index < -0.39 is 15.8 Å². The van der Waals surface area contributed by atoms with Crippen molar-refractivity contribution in [1.82, 2.24) is 4.90 Å². The van der Waals surface area contributed by atoms with Gasteiger partial charge in [-0.15, -0.1) is 0 Å². The third-order valence-electron chi connectivity index (χ3n) is 5.42. The SMILES string of the molecule is N#Cc1ccc(CN(Cc2cccc(F)c2)C(=O)c2cccc(NS(=O)(=O)c3ccccc3)c2)cc1. The smallest absolute Gasteiger partial charge is 0.261 e. The zero-order valence-corrected chi connectivity index (χ0v) is 20.0. The molecule has 8 heteroatoms. The van der Waals surface area contributed by atoms with Crippen LogP contribution in [0.3, 0.4) is 0 Å². The molecule has 0 unspecified atom stereocenters. The van der Waals surface area contributed by atoms with E-state index in [1.807, 2.05) is 0 Å². The molecule has 0 saturated heterocycles. The molecular formula is C28H22FN3O3S. The summed E-state index contributed by atoms with van der Waals surface area (Å²) in [5.74, 6) is -0.764. The highest BCUT2D eigenvalue weighted by molar-refractivity contribution is 7.92. The first-order valence-corrected chi connectivity index (χ1v) is 12.5. The summed E-state index contributed by atoms with van der Waals surface area (Å²) < 4.78 is 41.7. The fraction of sp³-hybridized carbons (Fsp3) is 0.0714. The highest BCUT2D eigenvalue weighted by atomic mass is 32.2. The molecule has 1 amide bonds. The number of hydrogen-bond acceptors (Lipinski definition) is 4. The molecule has 4 aromatic carbocycles. The molecule has 0 saturated carbocycles. The molecule has 0 heterocycles. The van der Waals surface area contributed by atoms with Gasteiger partial charge in [-0.25, -0.2) is 12.8 Å². The summed E-state index contributed by atoms with van der Waals surface area (Å²) in [5, 5.41) is 9.05. The van der Waals surface area contributed by atoms with Gasteiger partial charge < -0.3 is 4.90 Å². The summed E-state index contributed by atoms with van der Waals surface area (Å²) in [4.78, 5) is 15.2. The molecule has 0 fully saturated rings. The van der Waals surface area contributed by atoms with Crippen LogP contribution in [0.15, 0.2) is 108 Å². The minimum absolute atomic E-state index is 0.107. The largest absolute Gasteiger partial charge is 0.330 e. The summed E-state index contributed by atoms with van der Waals surface area (Å²) >= 11 is 0. The van der Waals surface area contributed by atoms with Gasteiger partial charge in [0, 0.05) is 24.3 Å². The molecule has 0 aliphatic rings. The Balaban J connectivity index is 1.61. The average molecular weight is 500 g/mol. The number of sulfonamides is 1. The third-order valence-corrected chi connectivity index (χ3v) is 6.82. The van der Waals surface area contributed by atoms with Gasteiger partial charge >= 0.3 is 0 Å². The molecule has 4 aromatic rings. The molecular weight excluding hydrogens is 477 g/mol. The minimum atomic E-state index is -3.83. The van der Waals surface area contributed by atoms with E-state index in [1.165, 1.54) is 30.3 Å². The van der Waals surface area contributed by atoms with Crippen molar-refractivity contribution in [2.75, 3.05) is 4.72 Å². The number of nitrogens with zero attached hydrogens (tertiary/aromatic N) is 2. The van der Waals surface area contributed by atoms with E-state index in [1.54, 1.807) is 77.7 Å². The van der Waals surface area contributed by atoms with Crippen LogP contribution in [0.1, 0.15) is 27.0 Å². The van der Waals surface area contributed by atoms with E-state index in [9.17, 15) is 17.6 Å². The van der Waals surface area contributed by atoms with Gasteiger partial charge in [0.15, 0.2) is 0 Å². The Morgan fingerprint density at radius 2 is 1.53 bits per heavy atom. The van der Waals surface area contributed by atoms with Crippen LogP contribution in [0.25, 0.3) is 0 Å². The highest BCUT2D eigenvalue weighted by Crippen LogP contribution is 2.20. The lowest BCUT2D eigenvalue weighted by Crippen LogP contribution is -2.30. The molecule has 180 valence electrons. The van der Waals surface area contributed by atoms with Crippen LogP contribution in [0.5, 0.6) is 0 Å². The zero-order valence-electron chi connectivity index (χ0n) is 19.1. The molecule has 0 bridgehead atoms. The topological polar surface area (TPSA) is 90.3 Å². The van der Waals surface area contributed by atoms with Crippen molar-refractivity contribution in [3.05, 3.63) is 131 Å². The lowest BCUT2D eigenvalue weighted by Gasteiger charge is -2.24. The number of carbonyl (C=O) groups is 1. The van der Waals surface area contributed by atoms with Gasteiger partial charge in [0.25, 0.3) is 15.9 Å². The molecule has 4 rings (SSSR count). The number of nitriles is 1. The van der Waals surface area contributed by atoms with E-state index in [4.69, 9.17) is 5.26 Å². The van der Waals surface area contributed by atoms with E-state index >= 15 is 0 Å². The van der Waals surface area contributed by atoms with Crippen molar-refractivity contribution < 1.29 is 17.6 Å². The highest BCUT2D eigenvalue weighted by Gasteiger charge is 2.19. The van der Waals surface area contributed by atoms with Crippen LogP contribution in [-0.4, -0.2) is 19.2 Å². The molecule has 0 spiro atoms. The van der Waals surface area contributed by atoms with E-state index in [0.29, 0.717) is 11.1 Å². The first-order chi connectivity index (χ1) is 17.3. The van der Waals surface area contributed by atoms with Crippen LogP contribution in [-0.2, 0) is 23.1 Å². The maximum absolute atomic E-state index is 13.8. The zero-order chi connectivity index (χ0) is 25.5. The number of halogens is 1. The van der Waals surface area contributed by atoms with Gasteiger partial charge in [-0.05, 0) is 65.7 Å². The predicted octanol–water partition coefficient (Wildman–Crippen LogP) is 5.34. The van der Waals surface area contributed by atoms with Crippen LogP contribution in [0.2, 0.25) is 0 Å². The van der Waals surface area contributed by atoms with Gasteiger partial charge in [-0.1, -0.05) is 48.5 Å². The molecule has 0 radical (unpaired) electrons. The monoisotopic (exact) mass is 499 g/mol. The van der Waals surface area contributed by atoms with Crippen LogP contribution >= 0.6 is 0 Å². The van der Waals surface area contributed by atoms with Crippen molar-refractivity contribution in [3.63, 3.8) is 0 Å². The van der Waals surface area contributed by atoms with E-state index in [2.05, 4.69) is 10.8 Å². The van der Waals surface area contributed by atoms with Crippen molar-refractivity contribution in [2.45, 2.75) is 18.0 Å². The fourth-order valence-corrected chi connectivity index (χ4v) is 4.74. The molecule has 1 N–H and O–H groups in total. The number of anilines is 1. The maximum atomic E-state index is 13.8. The quantitative estimate of drug-likeness (QED) is 0.354.